The van der Waals surface area contributed by atoms with E-state index in [4.69, 9.17) is 10.8 Å². The second-order valence-corrected chi connectivity index (χ2v) is 6.90. The molecule has 9 heteroatoms. The van der Waals surface area contributed by atoms with Crippen LogP contribution >= 0.6 is 0 Å². The lowest BCUT2D eigenvalue weighted by molar-refractivity contribution is -0.142. The molecule has 5 unspecified atom stereocenters. The number of amides is 3. The van der Waals surface area contributed by atoms with Crippen LogP contribution in [0.25, 0.3) is 0 Å². The first kappa shape index (κ1) is 21.9. The van der Waals surface area contributed by atoms with E-state index in [0.29, 0.717) is 19.4 Å². The van der Waals surface area contributed by atoms with Crippen LogP contribution in [-0.4, -0.2) is 64.4 Å². The quantitative estimate of drug-likeness (QED) is 0.451. The standard InChI is InChI=1S/C17H30N4O5/c1-5-9(2)13(18)16(24)21-8-6-7-12(21)15(23)19-10(3)14(22)20-11(4)17(25)26/h9-13H,5-8,18H2,1-4H3,(H,19,23)(H,20,22)(H,25,26). The Morgan fingerprint density at radius 2 is 1.77 bits per heavy atom. The van der Waals surface area contributed by atoms with Gasteiger partial charge in [-0.05, 0) is 32.6 Å². The monoisotopic (exact) mass is 370 g/mol. The Morgan fingerprint density at radius 3 is 2.31 bits per heavy atom. The van der Waals surface area contributed by atoms with Gasteiger partial charge in [0.1, 0.15) is 18.1 Å². The number of hydrogen-bond acceptors (Lipinski definition) is 5. The molecular weight excluding hydrogens is 340 g/mol. The van der Waals surface area contributed by atoms with Crippen LogP contribution in [0.3, 0.4) is 0 Å². The van der Waals surface area contributed by atoms with E-state index in [0.717, 1.165) is 6.42 Å². The Hall–Kier alpha value is -2.16. The van der Waals surface area contributed by atoms with E-state index < -0.39 is 42.0 Å². The van der Waals surface area contributed by atoms with Gasteiger partial charge < -0.3 is 26.4 Å². The van der Waals surface area contributed by atoms with Crippen molar-refractivity contribution in [3.63, 3.8) is 0 Å². The zero-order chi connectivity index (χ0) is 20.0. The summed E-state index contributed by atoms with van der Waals surface area (Å²) in [4.78, 5) is 49.3. The highest BCUT2D eigenvalue weighted by Crippen LogP contribution is 2.20. The van der Waals surface area contributed by atoms with Gasteiger partial charge in [-0.25, -0.2) is 0 Å². The highest BCUT2D eigenvalue weighted by molar-refractivity contribution is 5.94. The summed E-state index contributed by atoms with van der Waals surface area (Å²) in [6.45, 7) is 7.10. The van der Waals surface area contributed by atoms with Gasteiger partial charge >= 0.3 is 5.97 Å². The molecule has 0 aromatic heterocycles. The maximum absolute atomic E-state index is 12.6. The molecule has 0 aromatic carbocycles. The molecule has 1 rings (SSSR count). The normalized spacial score (nSPS) is 21.4. The van der Waals surface area contributed by atoms with Crippen molar-refractivity contribution in [1.29, 1.82) is 0 Å². The highest BCUT2D eigenvalue weighted by atomic mass is 16.4. The lowest BCUT2D eigenvalue weighted by Gasteiger charge is -2.29. The number of rotatable bonds is 8. The third kappa shape index (κ3) is 5.42. The van der Waals surface area contributed by atoms with Crippen molar-refractivity contribution in [3.8, 4) is 0 Å². The van der Waals surface area contributed by atoms with E-state index >= 15 is 0 Å². The van der Waals surface area contributed by atoms with Crippen LogP contribution in [0.1, 0.15) is 47.0 Å². The molecule has 1 heterocycles. The molecule has 1 fully saturated rings. The molecule has 1 aliphatic rings. The van der Waals surface area contributed by atoms with E-state index in [2.05, 4.69) is 10.6 Å². The maximum Gasteiger partial charge on any atom is 0.325 e. The Morgan fingerprint density at radius 1 is 1.15 bits per heavy atom. The minimum atomic E-state index is -1.16. The second kappa shape index (κ2) is 9.51. The van der Waals surface area contributed by atoms with Crippen molar-refractivity contribution in [2.45, 2.75) is 71.1 Å². The minimum Gasteiger partial charge on any atom is -0.480 e. The van der Waals surface area contributed by atoms with E-state index in [9.17, 15) is 19.2 Å². The zero-order valence-electron chi connectivity index (χ0n) is 15.8. The lowest BCUT2D eigenvalue weighted by Crippen LogP contribution is -2.56. The van der Waals surface area contributed by atoms with Gasteiger partial charge in [0, 0.05) is 6.54 Å². The van der Waals surface area contributed by atoms with Gasteiger partial charge in [0.2, 0.25) is 17.7 Å². The zero-order valence-corrected chi connectivity index (χ0v) is 15.8. The van der Waals surface area contributed by atoms with Crippen molar-refractivity contribution in [1.82, 2.24) is 15.5 Å². The molecular formula is C17H30N4O5. The summed E-state index contributed by atoms with van der Waals surface area (Å²) in [7, 11) is 0. The molecule has 1 saturated heterocycles. The summed E-state index contributed by atoms with van der Waals surface area (Å²) in [5.41, 5.74) is 6.00. The van der Waals surface area contributed by atoms with E-state index in [1.807, 2.05) is 13.8 Å². The van der Waals surface area contributed by atoms with Crippen LogP contribution in [0.4, 0.5) is 0 Å². The smallest absolute Gasteiger partial charge is 0.325 e. The minimum absolute atomic E-state index is 0.00835. The summed E-state index contributed by atoms with van der Waals surface area (Å²) in [6, 6.07) is -3.29. The SMILES string of the molecule is CCC(C)C(N)C(=O)N1CCCC1C(=O)NC(C)C(=O)NC(C)C(=O)O. The van der Waals surface area contributed by atoms with E-state index in [1.54, 1.807) is 0 Å². The summed E-state index contributed by atoms with van der Waals surface area (Å²) in [5.74, 6) is -2.44. The van der Waals surface area contributed by atoms with Gasteiger partial charge in [0.25, 0.3) is 0 Å². The van der Waals surface area contributed by atoms with Gasteiger partial charge in [-0.2, -0.15) is 0 Å². The summed E-state index contributed by atoms with van der Waals surface area (Å²) < 4.78 is 0. The topological polar surface area (TPSA) is 142 Å². The predicted octanol–water partition coefficient (Wildman–Crippen LogP) is -0.555. The first-order valence-electron chi connectivity index (χ1n) is 8.99. The predicted molar refractivity (Wildman–Crippen MR) is 95.0 cm³/mol. The van der Waals surface area contributed by atoms with Gasteiger partial charge in [0.15, 0.2) is 0 Å². The molecule has 0 bridgehead atoms. The number of carboxylic acids is 1. The lowest BCUT2D eigenvalue weighted by atomic mass is 9.98. The van der Waals surface area contributed by atoms with Crippen LogP contribution in [0.15, 0.2) is 0 Å². The highest BCUT2D eigenvalue weighted by Gasteiger charge is 2.38. The first-order valence-corrected chi connectivity index (χ1v) is 8.99. The van der Waals surface area contributed by atoms with Crippen LogP contribution in [0.5, 0.6) is 0 Å². The third-order valence-corrected chi connectivity index (χ3v) is 4.86. The molecule has 5 atom stereocenters. The third-order valence-electron chi connectivity index (χ3n) is 4.86. The molecule has 0 aliphatic carbocycles. The van der Waals surface area contributed by atoms with Crippen LogP contribution in [0, 0.1) is 5.92 Å². The Bertz CT molecular complexity index is 553. The van der Waals surface area contributed by atoms with Crippen LogP contribution in [0.2, 0.25) is 0 Å². The number of likely N-dealkylation sites (tertiary alicyclic amines) is 1. The average Bonchev–Trinajstić information content (AvgIpc) is 3.08. The summed E-state index contributed by atoms with van der Waals surface area (Å²) in [5, 5.41) is 13.7. The van der Waals surface area contributed by atoms with E-state index in [1.165, 1.54) is 18.7 Å². The van der Waals surface area contributed by atoms with Gasteiger partial charge in [-0.1, -0.05) is 20.3 Å². The first-order chi connectivity index (χ1) is 12.1. The molecule has 9 nitrogen and oxygen atoms in total. The average molecular weight is 370 g/mol. The number of nitrogens with one attached hydrogen (secondary N) is 2. The van der Waals surface area contributed by atoms with Crippen molar-refractivity contribution in [2.75, 3.05) is 6.54 Å². The van der Waals surface area contributed by atoms with E-state index in [-0.39, 0.29) is 11.8 Å². The fourth-order valence-electron chi connectivity index (χ4n) is 2.77. The van der Waals surface area contributed by atoms with Gasteiger partial charge in [-0.3, -0.25) is 19.2 Å². The van der Waals surface area contributed by atoms with Crippen LogP contribution < -0.4 is 16.4 Å². The molecule has 148 valence electrons. The molecule has 1 aliphatic heterocycles. The molecule has 5 N–H and O–H groups in total. The molecule has 0 spiro atoms. The molecule has 0 radical (unpaired) electrons. The number of nitrogens with zero attached hydrogens (tertiary/aromatic N) is 1. The van der Waals surface area contributed by atoms with Crippen molar-refractivity contribution in [3.05, 3.63) is 0 Å². The number of carbonyl (C=O) groups excluding carboxylic acids is 3. The summed E-state index contributed by atoms with van der Waals surface area (Å²) in [6.07, 6.45) is 1.95. The number of hydrogen-bond donors (Lipinski definition) is 4. The van der Waals surface area contributed by atoms with Crippen LogP contribution in [-0.2, 0) is 19.2 Å². The number of carbonyl (C=O) groups is 4. The Labute approximate surface area is 153 Å². The van der Waals surface area contributed by atoms with Crippen molar-refractivity contribution >= 4 is 23.7 Å². The van der Waals surface area contributed by atoms with Gasteiger partial charge in [-0.15, -0.1) is 0 Å². The number of aliphatic carboxylic acids is 1. The second-order valence-electron chi connectivity index (χ2n) is 6.90. The van der Waals surface area contributed by atoms with Crippen molar-refractivity contribution < 1.29 is 24.3 Å². The molecule has 0 aromatic rings. The maximum atomic E-state index is 12.6. The fraction of sp³-hybridized carbons (Fsp3) is 0.765. The number of carboxylic acid groups (broad SMARTS) is 1. The summed E-state index contributed by atoms with van der Waals surface area (Å²) >= 11 is 0. The Kier molecular flexibility index (Phi) is 8.01. The van der Waals surface area contributed by atoms with Crippen molar-refractivity contribution in [2.24, 2.45) is 11.7 Å². The largest absolute Gasteiger partial charge is 0.480 e. The fourth-order valence-corrected chi connectivity index (χ4v) is 2.77. The Balaban J connectivity index is 2.69. The molecule has 0 saturated carbocycles. The number of nitrogens with two attached hydrogens (primary N) is 1. The van der Waals surface area contributed by atoms with Gasteiger partial charge in [0.05, 0.1) is 6.04 Å². The molecule has 26 heavy (non-hydrogen) atoms. The molecule has 3 amide bonds.